The highest BCUT2D eigenvalue weighted by Gasteiger charge is 2.67. The molecule has 7 heteroatoms. The molecule has 0 aliphatic carbocycles. The van der Waals surface area contributed by atoms with Crippen molar-refractivity contribution in [2.24, 2.45) is 0 Å². The van der Waals surface area contributed by atoms with Crippen molar-refractivity contribution >= 4 is 32.4 Å². The largest absolute Gasteiger partial charge is 0.426 e. The number of ether oxygens (including phenoxy) is 2. The predicted molar refractivity (Wildman–Crippen MR) is 263 cm³/mol. The van der Waals surface area contributed by atoms with Gasteiger partial charge < -0.3 is 14.0 Å². The Bertz CT molecular complexity index is 2430. The topological polar surface area (TPSA) is 46.2 Å². The van der Waals surface area contributed by atoms with Crippen molar-refractivity contribution in [2.75, 3.05) is 0 Å². The Labute approximate surface area is 382 Å². The zero-order valence-electron chi connectivity index (χ0n) is 38.1. The number of rotatable bonds is 9. The molecule has 9 rings (SSSR count). The molecule has 0 amide bonds. The lowest BCUT2D eigenvalue weighted by molar-refractivity contribution is -0.175. The molecule has 2 aliphatic rings. The monoisotopic (exact) mass is 884 g/mol. The summed E-state index contributed by atoms with van der Waals surface area (Å²) in [6.07, 6.45) is -1.45. The van der Waals surface area contributed by atoms with Crippen molar-refractivity contribution in [1.29, 1.82) is 0 Å². The molecule has 0 unspecified atom stereocenters. The van der Waals surface area contributed by atoms with Crippen LogP contribution in [0, 0.1) is 0 Å². The first kappa shape index (κ1) is 44.3. The van der Waals surface area contributed by atoms with Crippen LogP contribution in [-0.4, -0.2) is 18.0 Å². The highest BCUT2D eigenvalue weighted by molar-refractivity contribution is 7.80. The van der Waals surface area contributed by atoms with Gasteiger partial charge in [-0.05, 0) is 77.1 Å². The lowest BCUT2D eigenvalue weighted by Gasteiger charge is -2.41. The maximum Gasteiger partial charge on any atom is 0.399 e. The first-order chi connectivity index (χ1) is 30.7. The van der Waals surface area contributed by atoms with Crippen LogP contribution in [0.15, 0.2) is 194 Å². The average Bonchev–Trinajstić information content (AvgIpc) is 3.58. The van der Waals surface area contributed by atoms with Crippen LogP contribution >= 0.6 is 16.5 Å². The first-order valence-corrected chi connectivity index (χ1v) is 24.7. The SMILES string of the molecule is CC1(C)O[C@@H]2[C@@H](O1)C(c1ccccc1)(c1ccccc1)OP(Oc1c(P(c3ccccc3)c3ccccc3)cc(C(C)(C)C)cc1C(C)(C)C)OC2(c1ccccc1)c1ccccc1. The Balaban J connectivity index is 1.38. The molecule has 2 heterocycles. The zero-order chi connectivity index (χ0) is 44.7. The van der Waals surface area contributed by atoms with E-state index in [4.69, 9.17) is 23.0 Å². The highest BCUT2D eigenvalue weighted by Crippen LogP contribution is 2.65. The molecule has 0 N–H and O–H groups in total. The lowest BCUT2D eigenvalue weighted by Crippen LogP contribution is -2.53. The van der Waals surface area contributed by atoms with Gasteiger partial charge in [-0.1, -0.05) is 230 Å². The van der Waals surface area contributed by atoms with Gasteiger partial charge in [0.15, 0.2) is 17.0 Å². The van der Waals surface area contributed by atoms with Crippen LogP contribution in [0.25, 0.3) is 0 Å². The van der Waals surface area contributed by atoms with Gasteiger partial charge in [-0.25, -0.2) is 0 Å². The van der Waals surface area contributed by atoms with E-state index in [-0.39, 0.29) is 10.8 Å². The Kier molecular flexibility index (Phi) is 12.1. The molecule has 5 nitrogen and oxygen atoms in total. The number of fused-ring (bicyclic) bond motifs is 1. The highest BCUT2D eigenvalue weighted by atomic mass is 31.2. The van der Waals surface area contributed by atoms with E-state index in [1.165, 1.54) is 16.2 Å². The second-order valence-corrected chi connectivity index (χ2v) is 22.5. The second-order valence-electron chi connectivity index (χ2n) is 19.3. The van der Waals surface area contributed by atoms with Crippen molar-refractivity contribution in [3.05, 3.63) is 228 Å². The maximum absolute atomic E-state index is 7.91. The van der Waals surface area contributed by atoms with Gasteiger partial charge in [-0.3, -0.25) is 9.05 Å². The van der Waals surface area contributed by atoms with E-state index in [2.05, 4.69) is 211 Å². The number of benzene rings is 7. The molecule has 0 radical (unpaired) electrons. The fourth-order valence-electron chi connectivity index (χ4n) is 9.22. The minimum absolute atomic E-state index is 0.160. The molecule has 326 valence electrons. The molecule has 2 fully saturated rings. The summed E-state index contributed by atoms with van der Waals surface area (Å²) >= 11 is 0. The summed E-state index contributed by atoms with van der Waals surface area (Å²) in [6, 6.07) is 68.0. The Morgan fingerprint density at radius 3 is 1.14 bits per heavy atom. The Hall–Kier alpha value is -4.96. The third kappa shape index (κ3) is 8.29. The van der Waals surface area contributed by atoms with Crippen LogP contribution in [0.1, 0.15) is 88.8 Å². The van der Waals surface area contributed by atoms with E-state index < -0.39 is 45.7 Å². The molecule has 2 saturated heterocycles. The molecule has 0 aromatic heterocycles. The van der Waals surface area contributed by atoms with Crippen LogP contribution in [0.3, 0.4) is 0 Å². The van der Waals surface area contributed by atoms with E-state index in [1.807, 2.05) is 38.1 Å². The van der Waals surface area contributed by atoms with Crippen molar-refractivity contribution < 1.29 is 23.0 Å². The molecule has 7 aromatic rings. The van der Waals surface area contributed by atoms with Crippen molar-refractivity contribution in [2.45, 2.75) is 95.4 Å². The molecule has 2 aliphatic heterocycles. The Morgan fingerprint density at radius 1 is 0.469 bits per heavy atom. The van der Waals surface area contributed by atoms with Crippen molar-refractivity contribution in [3.8, 4) is 5.75 Å². The fraction of sp³-hybridized carbons (Fsp3) is 0.263. The molecular formula is C57H58O5P2. The van der Waals surface area contributed by atoms with Crippen molar-refractivity contribution in [3.63, 3.8) is 0 Å². The zero-order valence-corrected chi connectivity index (χ0v) is 39.9. The van der Waals surface area contributed by atoms with Crippen LogP contribution in [0.5, 0.6) is 5.75 Å². The third-order valence-electron chi connectivity index (χ3n) is 12.3. The number of hydrogen-bond acceptors (Lipinski definition) is 5. The van der Waals surface area contributed by atoms with Gasteiger partial charge in [-0.15, -0.1) is 0 Å². The van der Waals surface area contributed by atoms with E-state index in [0.717, 1.165) is 38.9 Å². The van der Waals surface area contributed by atoms with Crippen molar-refractivity contribution in [1.82, 2.24) is 0 Å². The summed E-state index contributed by atoms with van der Waals surface area (Å²) < 4.78 is 38.3. The molecule has 7 aromatic carbocycles. The second kappa shape index (κ2) is 17.4. The van der Waals surface area contributed by atoms with Crippen LogP contribution < -0.4 is 20.4 Å². The van der Waals surface area contributed by atoms with E-state index >= 15 is 0 Å². The van der Waals surface area contributed by atoms with E-state index in [9.17, 15) is 0 Å². The summed E-state index contributed by atoms with van der Waals surface area (Å²) in [5.41, 5.74) is 2.90. The number of hydrogen-bond donors (Lipinski definition) is 0. The van der Waals surface area contributed by atoms with Gasteiger partial charge >= 0.3 is 8.60 Å². The minimum Gasteiger partial charge on any atom is -0.426 e. The average molecular weight is 885 g/mol. The van der Waals surface area contributed by atoms with Gasteiger partial charge in [0.1, 0.15) is 18.0 Å². The standard InChI is InChI=1S/C57H58O5P2/c1-53(2,3)45-39-48(54(4,5)6)50(49(40-45)63(46-35-23-13-24-36-46)47-37-25-14-26-38-47)60-64-61-56(41-27-15-9-16-28-41,42-29-17-10-18-30-42)51-52(59-55(7,8)58-51)57(62-64,43-31-19-11-20-32-43)44-33-21-12-22-34-44/h9-40,51-52H,1-8H3/t51-,52-/m1/s1. The Morgan fingerprint density at radius 2 is 0.812 bits per heavy atom. The van der Waals surface area contributed by atoms with E-state index in [0.29, 0.717) is 0 Å². The first-order valence-electron chi connectivity index (χ1n) is 22.2. The van der Waals surface area contributed by atoms with Gasteiger partial charge in [0.05, 0.1) is 0 Å². The lowest BCUT2D eigenvalue weighted by atomic mass is 9.72. The van der Waals surface area contributed by atoms with Crippen LogP contribution in [-0.2, 0) is 40.6 Å². The van der Waals surface area contributed by atoms with Crippen LogP contribution in [0.4, 0.5) is 0 Å². The van der Waals surface area contributed by atoms with Crippen LogP contribution in [0.2, 0.25) is 0 Å². The third-order valence-corrected chi connectivity index (χ3v) is 16.0. The summed E-state index contributed by atoms with van der Waals surface area (Å²) in [4.78, 5) is 0. The quantitative estimate of drug-likeness (QED) is 0.135. The summed E-state index contributed by atoms with van der Waals surface area (Å²) in [7, 11) is -3.48. The van der Waals surface area contributed by atoms with Gasteiger partial charge in [0.2, 0.25) is 0 Å². The molecule has 0 bridgehead atoms. The van der Waals surface area contributed by atoms with Gasteiger partial charge in [-0.2, -0.15) is 0 Å². The normalized spacial score (nSPS) is 19.5. The molecular weight excluding hydrogens is 827 g/mol. The summed E-state index contributed by atoms with van der Waals surface area (Å²) in [6.45, 7) is 17.6. The summed E-state index contributed by atoms with van der Waals surface area (Å²) in [5.74, 6) is -0.242. The van der Waals surface area contributed by atoms with E-state index in [1.54, 1.807) is 0 Å². The van der Waals surface area contributed by atoms with Gasteiger partial charge in [0.25, 0.3) is 0 Å². The summed E-state index contributed by atoms with van der Waals surface area (Å²) in [5, 5.41) is 3.55. The smallest absolute Gasteiger partial charge is 0.399 e. The molecule has 2 atom stereocenters. The van der Waals surface area contributed by atoms with Gasteiger partial charge in [0, 0.05) is 10.9 Å². The minimum atomic E-state index is -2.33. The molecule has 0 spiro atoms. The molecule has 64 heavy (non-hydrogen) atoms. The maximum atomic E-state index is 7.91. The predicted octanol–water partition coefficient (Wildman–Crippen LogP) is 13.1. The fourth-order valence-corrected chi connectivity index (χ4v) is 13.3. The molecule has 0 saturated carbocycles.